The number of rotatable bonds is 2. The molecule has 0 spiro atoms. The first-order chi connectivity index (χ1) is 8.20. The van der Waals surface area contributed by atoms with Gasteiger partial charge in [0.15, 0.2) is 0 Å². The Balaban J connectivity index is 2.32. The predicted octanol–water partition coefficient (Wildman–Crippen LogP) is 2.84. The second-order valence-corrected chi connectivity index (χ2v) is 3.79. The average Bonchev–Trinajstić information content (AvgIpc) is 2.38. The van der Waals surface area contributed by atoms with Crippen molar-refractivity contribution < 1.29 is 9.53 Å². The van der Waals surface area contributed by atoms with Crippen LogP contribution in [0.1, 0.15) is 15.9 Å². The Morgan fingerprint density at radius 2 is 1.88 bits per heavy atom. The third kappa shape index (κ3) is 2.50. The molecule has 3 heteroatoms. The van der Waals surface area contributed by atoms with Crippen LogP contribution in [0.3, 0.4) is 0 Å². The van der Waals surface area contributed by atoms with Gasteiger partial charge >= 0.3 is 5.97 Å². The minimum absolute atomic E-state index is 0.325. The largest absolute Gasteiger partial charge is 0.465 e. The lowest BCUT2D eigenvalue weighted by atomic mass is 10.1. The Hall–Kier alpha value is -2.16. The van der Waals surface area contributed by atoms with Crippen LogP contribution in [0.5, 0.6) is 0 Å². The van der Waals surface area contributed by atoms with Crippen LogP contribution in [0.25, 0.3) is 11.3 Å². The van der Waals surface area contributed by atoms with Crippen LogP contribution in [-0.4, -0.2) is 18.1 Å². The van der Waals surface area contributed by atoms with Gasteiger partial charge in [-0.2, -0.15) is 0 Å². The van der Waals surface area contributed by atoms with E-state index in [0.717, 1.165) is 16.8 Å². The van der Waals surface area contributed by atoms with Crippen LogP contribution in [0.15, 0.2) is 42.6 Å². The van der Waals surface area contributed by atoms with Gasteiger partial charge in [-0.25, -0.2) is 4.79 Å². The molecule has 0 radical (unpaired) electrons. The fourth-order valence-corrected chi connectivity index (χ4v) is 1.59. The van der Waals surface area contributed by atoms with E-state index < -0.39 is 0 Å². The Morgan fingerprint density at radius 1 is 1.18 bits per heavy atom. The van der Waals surface area contributed by atoms with Crippen molar-refractivity contribution in [1.82, 2.24) is 4.98 Å². The maximum atomic E-state index is 11.3. The van der Waals surface area contributed by atoms with Gasteiger partial charge in [-0.05, 0) is 36.8 Å². The SMILES string of the molecule is COC(=O)c1ccc(-c2cc(C)ccn2)cc1. The van der Waals surface area contributed by atoms with E-state index in [1.54, 1.807) is 18.3 Å². The molecule has 0 N–H and O–H groups in total. The fourth-order valence-electron chi connectivity index (χ4n) is 1.59. The second-order valence-electron chi connectivity index (χ2n) is 3.79. The average molecular weight is 227 g/mol. The number of methoxy groups -OCH3 is 1. The van der Waals surface area contributed by atoms with Crippen molar-refractivity contribution in [2.75, 3.05) is 7.11 Å². The van der Waals surface area contributed by atoms with Gasteiger partial charge in [0.25, 0.3) is 0 Å². The Labute approximate surface area is 100 Å². The molecule has 0 aliphatic rings. The van der Waals surface area contributed by atoms with E-state index in [4.69, 9.17) is 0 Å². The first kappa shape index (κ1) is 11.3. The molecular formula is C14H13NO2. The molecule has 0 bridgehead atoms. The summed E-state index contributed by atoms with van der Waals surface area (Å²) >= 11 is 0. The molecule has 0 fully saturated rings. The Morgan fingerprint density at radius 3 is 2.47 bits per heavy atom. The van der Waals surface area contributed by atoms with Gasteiger partial charge in [0.2, 0.25) is 0 Å². The summed E-state index contributed by atoms with van der Waals surface area (Å²) in [6.45, 7) is 2.02. The molecule has 86 valence electrons. The number of hydrogen-bond donors (Lipinski definition) is 0. The molecule has 3 nitrogen and oxygen atoms in total. The van der Waals surface area contributed by atoms with Crippen molar-refractivity contribution in [3.63, 3.8) is 0 Å². The number of hydrogen-bond acceptors (Lipinski definition) is 3. The number of aryl methyl sites for hydroxylation is 1. The third-order valence-corrected chi connectivity index (χ3v) is 2.52. The van der Waals surface area contributed by atoms with Gasteiger partial charge in [0, 0.05) is 11.8 Å². The quantitative estimate of drug-likeness (QED) is 0.740. The zero-order valence-electron chi connectivity index (χ0n) is 9.81. The molecule has 1 aromatic heterocycles. The second kappa shape index (κ2) is 4.78. The highest BCUT2D eigenvalue weighted by atomic mass is 16.5. The van der Waals surface area contributed by atoms with Gasteiger partial charge in [-0.3, -0.25) is 4.98 Å². The molecule has 1 heterocycles. The van der Waals surface area contributed by atoms with E-state index in [2.05, 4.69) is 9.72 Å². The van der Waals surface area contributed by atoms with Crippen LogP contribution in [0.2, 0.25) is 0 Å². The van der Waals surface area contributed by atoms with E-state index >= 15 is 0 Å². The summed E-state index contributed by atoms with van der Waals surface area (Å²) in [7, 11) is 1.37. The molecule has 0 atom stereocenters. The number of nitrogens with zero attached hydrogens (tertiary/aromatic N) is 1. The molecule has 2 aromatic rings. The van der Waals surface area contributed by atoms with Crippen molar-refractivity contribution in [3.8, 4) is 11.3 Å². The van der Waals surface area contributed by atoms with Gasteiger partial charge < -0.3 is 4.74 Å². The normalized spacial score (nSPS) is 10.0. The number of carbonyl (C=O) groups is 1. The summed E-state index contributed by atoms with van der Waals surface area (Å²) in [5, 5.41) is 0. The number of carbonyl (C=O) groups excluding carboxylic acids is 1. The van der Waals surface area contributed by atoms with Crippen LogP contribution < -0.4 is 0 Å². The van der Waals surface area contributed by atoms with E-state index in [1.165, 1.54) is 7.11 Å². The number of esters is 1. The molecular weight excluding hydrogens is 214 g/mol. The van der Waals surface area contributed by atoms with Crippen molar-refractivity contribution in [2.24, 2.45) is 0 Å². The fraction of sp³-hybridized carbons (Fsp3) is 0.143. The van der Waals surface area contributed by atoms with Crippen molar-refractivity contribution in [1.29, 1.82) is 0 Å². The maximum absolute atomic E-state index is 11.3. The lowest BCUT2D eigenvalue weighted by Gasteiger charge is -2.03. The number of aromatic nitrogens is 1. The van der Waals surface area contributed by atoms with E-state index in [9.17, 15) is 4.79 Å². The molecule has 0 amide bonds. The highest BCUT2D eigenvalue weighted by Crippen LogP contribution is 2.18. The minimum atomic E-state index is -0.325. The molecule has 0 saturated carbocycles. The molecule has 1 aromatic carbocycles. The third-order valence-electron chi connectivity index (χ3n) is 2.52. The molecule has 0 aliphatic carbocycles. The number of ether oxygens (including phenoxy) is 1. The monoisotopic (exact) mass is 227 g/mol. The van der Waals surface area contributed by atoms with Gasteiger partial charge in [0.1, 0.15) is 0 Å². The zero-order valence-corrected chi connectivity index (χ0v) is 9.81. The van der Waals surface area contributed by atoms with E-state index in [1.807, 2.05) is 31.2 Å². The Bertz CT molecular complexity index is 532. The molecule has 0 aliphatic heterocycles. The maximum Gasteiger partial charge on any atom is 0.337 e. The summed E-state index contributed by atoms with van der Waals surface area (Å²) in [5.41, 5.74) is 3.60. The molecule has 17 heavy (non-hydrogen) atoms. The van der Waals surface area contributed by atoms with Crippen molar-refractivity contribution >= 4 is 5.97 Å². The summed E-state index contributed by atoms with van der Waals surface area (Å²) < 4.78 is 4.65. The van der Waals surface area contributed by atoms with Gasteiger partial charge in [-0.15, -0.1) is 0 Å². The molecule has 0 saturated heterocycles. The minimum Gasteiger partial charge on any atom is -0.465 e. The first-order valence-corrected chi connectivity index (χ1v) is 5.32. The van der Waals surface area contributed by atoms with Gasteiger partial charge in [0.05, 0.1) is 18.4 Å². The molecule has 0 unspecified atom stereocenters. The Kier molecular flexibility index (Phi) is 3.19. The highest BCUT2D eigenvalue weighted by Gasteiger charge is 2.05. The zero-order chi connectivity index (χ0) is 12.3. The molecule has 2 rings (SSSR count). The highest BCUT2D eigenvalue weighted by molar-refractivity contribution is 5.89. The van der Waals surface area contributed by atoms with Crippen molar-refractivity contribution in [3.05, 3.63) is 53.7 Å². The van der Waals surface area contributed by atoms with E-state index in [0.29, 0.717) is 5.56 Å². The number of benzene rings is 1. The lowest BCUT2D eigenvalue weighted by molar-refractivity contribution is 0.0601. The van der Waals surface area contributed by atoms with Crippen LogP contribution in [0, 0.1) is 6.92 Å². The predicted molar refractivity (Wildman–Crippen MR) is 65.7 cm³/mol. The van der Waals surface area contributed by atoms with Crippen LogP contribution >= 0.6 is 0 Å². The van der Waals surface area contributed by atoms with E-state index in [-0.39, 0.29) is 5.97 Å². The summed E-state index contributed by atoms with van der Waals surface area (Å²) in [4.78, 5) is 15.6. The lowest BCUT2D eigenvalue weighted by Crippen LogP contribution is -2.00. The summed E-state index contributed by atoms with van der Waals surface area (Å²) in [6, 6.07) is 11.2. The van der Waals surface area contributed by atoms with Crippen LogP contribution in [0.4, 0.5) is 0 Å². The standard InChI is InChI=1S/C14H13NO2/c1-10-7-8-15-13(9-10)11-3-5-12(6-4-11)14(16)17-2/h3-9H,1-2H3. The smallest absolute Gasteiger partial charge is 0.337 e. The summed E-state index contributed by atoms with van der Waals surface area (Å²) in [6.07, 6.45) is 1.78. The van der Waals surface area contributed by atoms with Crippen LogP contribution in [-0.2, 0) is 4.74 Å². The van der Waals surface area contributed by atoms with Crippen molar-refractivity contribution in [2.45, 2.75) is 6.92 Å². The topological polar surface area (TPSA) is 39.2 Å². The number of pyridine rings is 1. The van der Waals surface area contributed by atoms with Gasteiger partial charge in [-0.1, -0.05) is 12.1 Å². The first-order valence-electron chi connectivity index (χ1n) is 5.32. The summed E-state index contributed by atoms with van der Waals surface area (Å²) in [5.74, 6) is -0.325.